The summed E-state index contributed by atoms with van der Waals surface area (Å²) in [6.07, 6.45) is 3.46. The van der Waals surface area contributed by atoms with Crippen LogP contribution in [0.3, 0.4) is 0 Å². The van der Waals surface area contributed by atoms with Gasteiger partial charge in [-0.05, 0) is 23.6 Å². The maximum absolute atomic E-state index is 11.6. The molecule has 1 aliphatic heterocycles. The summed E-state index contributed by atoms with van der Waals surface area (Å²) in [5.41, 5.74) is 0. The van der Waals surface area contributed by atoms with Crippen LogP contribution in [0.2, 0.25) is 0 Å². The van der Waals surface area contributed by atoms with E-state index in [1.165, 1.54) is 0 Å². The molecule has 7 heteroatoms. The van der Waals surface area contributed by atoms with Gasteiger partial charge < -0.3 is 15.1 Å². The molecule has 0 aliphatic carbocycles. The van der Waals surface area contributed by atoms with Crippen molar-refractivity contribution >= 4 is 28.3 Å². The number of nitrogens with one attached hydrogen (secondary N) is 1. The SMILES string of the molecule is O=C1NCCN1CCN(c1ncccn1)c1cccs1. The first-order valence-corrected chi connectivity index (χ1v) is 7.33. The molecule has 2 aromatic rings. The number of aromatic nitrogens is 2. The number of carbonyl (C=O) groups excluding carboxylic acids is 1. The lowest BCUT2D eigenvalue weighted by atomic mass is 10.4. The summed E-state index contributed by atoms with van der Waals surface area (Å²) < 4.78 is 0. The molecule has 20 heavy (non-hydrogen) atoms. The smallest absolute Gasteiger partial charge is 0.317 e. The second-order valence-electron chi connectivity index (χ2n) is 4.37. The Kier molecular flexibility index (Phi) is 3.78. The molecule has 2 amide bonds. The molecule has 0 aromatic carbocycles. The number of nitrogens with zero attached hydrogens (tertiary/aromatic N) is 4. The van der Waals surface area contributed by atoms with Gasteiger partial charge in [-0.2, -0.15) is 0 Å². The lowest BCUT2D eigenvalue weighted by Crippen LogP contribution is -2.35. The van der Waals surface area contributed by atoms with Crippen molar-refractivity contribution in [3.05, 3.63) is 36.0 Å². The highest BCUT2D eigenvalue weighted by Gasteiger charge is 2.21. The van der Waals surface area contributed by atoms with Gasteiger partial charge in [0.2, 0.25) is 5.95 Å². The van der Waals surface area contributed by atoms with Crippen LogP contribution in [0.1, 0.15) is 0 Å². The van der Waals surface area contributed by atoms with Crippen molar-refractivity contribution in [2.24, 2.45) is 0 Å². The van der Waals surface area contributed by atoms with Crippen molar-refractivity contribution in [3.63, 3.8) is 0 Å². The van der Waals surface area contributed by atoms with Crippen LogP contribution in [-0.4, -0.2) is 47.1 Å². The Balaban J connectivity index is 1.75. The molecule has 0 atom stereocenters. The van der Waals surface area contributed by atoms with Gasteiger partial charge in [-0.15, -0.1) is 11.3 Å². The zero-order chi connectivity index (χ0) is 13.8. The van der Waals surface area contributed by atoms with E-state index < -0.39 is 0 Å². The zero-order valence-corrected chi connectivity index (χ0v) is 11.7. The minimum atomic E-state index is 0.00473. The normalized spacial score (nSPS) is 14.4. The predicted octanol–water partition coefficient (Wildman–Crippen LogP) is 1.70. The van der Waals surface area contributed by atoms with Gasteiger partial charge in [0.25, 0.3) is 0 Å². The van der Waals surface area contributed by atoms with Crippen molar-refractivity contribution in [1.29, 1.82) is 0 Å². The number of hydrogen-bond donors (Lipinski definition) is 1. The first-order valence-electron chi connectivity index (χ1n) is 6.45. The highest BCUT2D eigenvalue weighted by molar-refractivity contribution is 7.14. The van der Waals surface area contributed by atoms with E-state index in [0.717, 1.165) is 18.1 Å². The summed E-state index contributed by atoms with van der Waals surface area (Å²) in [4.78, 5) is 24.0. The van der Waals surface area contributed by atoms with Crippen LogP contribution >= 0.6 is 11.3 Å². The number of rotatable bonds is 5. The van der Waals surface area contributed by atoms with Crippen LogP contribution in [0.5, 0.6) is 0 Å². The number of anilines is 2. The Bertz CT molecular complexity index is 559. The molecule has 1 saturated heterocycles. The molecule has 104 valence electrons. The van der Waals surface area contributed by atoms with Crippen LogP contribution in [0.15, 0.2) is 36.0 Å². The Labute approximate surface area is 121 Å². The van der Waals surface area contributed by atoms with Crippen molar-refractivity contribution in [2.45, 2.75) is 0 Å². The molecule has 3 rings (SSSR count). The molecule has 0 bridgehead atoms. The van der Waals surface area contributed by atoms with E-state index in [9.17, 15) is 4.79 Å². The summed E-state index contributed by atoms with van der Waals surface area (Å²) in [7, 11) is 0. The van der Waals surface area contributed by atoms with E-state index in [1.807, 2.05) is 27.3 Å². The summed E-state index contributed by atoms with van der Waals surface area (Å²) in [6, 6.07) is 5.83. The maximum Gasteiger partial charge on any atom is 0.317 e. The predicted molar refractivity (Wildman–Crippen MR) is 78.3 cm³/mol. The summed E-state index contributed by atoms with van der Waals surface area (Å²) >= 11 is 1.64. The summed E-state index contributed by atoms with van der Waals surface area (Å²) in [5, 5.41) is 5.91. The molecule has 1 fully saturated rings. The van der Waals surface area contributed by atoms with E-state index in [4.69, 9.17) is 0 Å². The molecule has 0 spiro atoms. The fraction of sp³-hybridized carbons (Fsp3) is 0.308. The first-order chi connectivity index (χ1) is 9.84. The van der Waals surface area contributed by atoms with Gasteiger partial charge in [0.1, 0.15) is 0 Å². The quantitative estimate of drug-likeness (QED) is 0.910. The number of amides is 2. The van der Waals surface area contributed by atoms with Crippen LogP contribution in [-0.2, 0) is 0 Å². The van der Waals surface area contributed by atoms with Crippen LogP contribution in [0.4, 0.5) is 15.7 Å². The minimum Gasteiger partial charge on any atom is -0.336 e. The van der Waals surface area contributed by atoms with Gasteiger partial charge in [-0.3, -0.25) is 0 Å². The van der Waals surface area contributed by atoms with Crippen molar-refractivity contribution < 1.29 is 4.79 Å². The Morgan fingerprint density at radius 2 is 2.20 bits per heavy atom. The molecule has 3 heterocycles. The molecular formula is C13H15N5OS. The average Bonchev–Trinajstić information content (AvgIpc) is 3.13. The van der Waals surface area contributed by atoms with Gasteiger partial charge in [-0.25, -0.2) is 14.8 Å². The minimum absolute atomic E-state index is 0.00473. The third-order valence-electron chi connectivity index (χ3n) is 3.10. The lowest BCUT2D eigenvalue weighted by molar-refractivity contribution is 0.218. The summed E-state index contributed by atoms with van der Waals surface area (Å²) in [6.45, 7) is 2.81. The zero-order valence-electron chi connectivity index (χ0n) is 10.9. The fourth-order valence-electron chi connectivity index (χ4n) is 2.11. The van der Waals surface area contributed by atoms with E-state index in [1.54, 1.807) is 29.8 Å². The van der Waals surface area contributed by atoms with Crippen molar-refractivity contribution in [2.75, 3.05) is 31.1 Å². The number of carbonyl (C=O) groups is 1. The third-order valence-corrected chi connectivity index (χ3v) is 4.00. The van der Waals surface area contributed by atoms with Gasteiger partial charge in [0, 0.05) is 38.6 Å². The Morgan fingerprint density at radius 3 is 2.85 bits per heavy atom. The standard InChI is InChI=1S/C13H15N5OS/c19-13-16-6-7-17(13)8-9-18(11-3-1-10-20-11)12-14-4-2-5-15-12/h1-5,10H,6-9H2,(H,16,19). The Morgan fingerprint density at radius 1 is 1.35 bits per heavy atom. The van der Waals surface area contributed by atoms with Crippen molar-refractivity contribution in [1.82, 2.24) is 20.2 Å². The lowest BCUT2D eigenvalue weighted by Gasteiger charge is -2.23. The molecular weight excluding hydrogens is 274 g/mol. The van der Waals surface area contributed by atoms with Crippen LogP contribution < -0.4 is 10.2 Å². The maximum atomic E-state index is 11.6. The number of thiophene rings is 1. The average molecular weight is 289 g/mol. The number of hydrogen-bond acceptors (Lipinski definition) is 5. The number of urea groups is 1. The second kappa shape index (κ2) is 5.87. The van der Waals surface area contributed by atoms with Gasteiger partial charge in [0.15, 0.2) is 0 Å². The molecule has 1 N–H and O–H groups in total. The van der Waals surface area contributed by atoms with Crippen LogP contribution in [0, 0.1) is 0 Å². The van der Waals surface area contributed by atoms with E-state index >= 15 is 0 Å². The molecule has 1 aliphatic rings. The topological polar surface area (TPSA) is 61.4 Å². The van der Waals surface area contributed by atoms with Gasteiger partial charge in [0.05, 0.1) is 5.00 Å². The fourth-order valence-corrected chi connectivity index (χ4v) is 2.86. The monoisotopic (exact) mass is 289 g/mol. The molecule has 0 unspecified atom stereocenters. The van der Waals surface area contributed by atoms with Crippen molar-refractivity contribution in [3.8, 4) is 0 Å². The van der Waals surface area contributed by atoms with Gasteiger partial charge >= 0.3 is 6.03 Å². The molecule has 0 radical (unpaired) electrons. The van der Waals surface area contributed by atoms with E-state index in [2.05, 4.69) is 15.3 Å². The van der Waals surface area contributed by atoms with Crippen LogP contribution in [0.25, 0.3) is 0 Å². The molecule has 6 nitrogen and oxygen atoms in total. The largest absolute Gasteiger partial charge is 0.336 e. The Hall–Kier alpha value is -2.15. The highest BCUT2D eigenvalue weighted by Crippen LogP contribution is 2.26. The summed E-state index contributed by atoms with van der Waals surface area (Å²) in [5.74, 6) is 0.662. The van der Waals surface area contributed by atoms with E-state index in [0.29, 0.717) is 19.0 Å². The molecule has 0 saturated carbocycles. The molecule has 2 aromatic heterocycles. The first kappa shape index (κ1) is 12.9. The van der Waals surface area contributed by atoms with E-state index in [-0.39, 0.29) is 6.03 Å². The second-order valence-corrected chi connectivity index (χ2v) is 5.30. The highest BCUT2D eigenvalue weighted by atomic mass is 32.1. The third kappa shape index (κ3) is 2.72. The van der Waals surface area contributed by atoms with Gasteiger partial charge in [-0.1, -0.05) is 0 Å².